The fraction of sp³-hybridized carbons (Fsp3) is 0.273. The lowest BCUT2D eigenvalue weighted by Crippen LogP contribution is -2.32. The molecule has 1 aromatic heterocycles. The van der Waals surface area contributed by atoms with Crippen LogP contribution in [0.25, 0.3) is 10.6 Å². The number of amides is 1. The first-order chi connectivity index (χ1) is 13.1. The minimum absolute atomic E-state index is 0.0192. The number of hydrogen-bond donors (Lipinski definition) is 2. The summed E-state index contributed by atoms with van der Waals surface area (Å²) in [5.74, 6) is 0.0192. The summed E-state index contributed by atoms with van der Waals surface area (Å²) in [6.07, 6.45) is 3.37. The standard InChI is InChI=1S/C22H23N3OS/c1-14-4-2-6-16(10-14)22-24-18(13-27-22)12-21(26)25-20-7-3-5-15-11-17(23)8-9-19(15)20/h2,4,6,8-11,13,20H,3,5,7,12,23H2,1H3,(H,25,26). The topological polar surface area (TPSA) is 68.0 Å². The highest BCUT2D eigenvalue weighted by Crippen LogP contribution is 2.31. The summed E-state index contributed by atoms with van der Waals surface area (Å²) in [5, 5.41) is 6.12. The molecule has 0 saturated heterocycles. The van der Waals surface area contributed by atoms with Crippen molar-refractivity contribution in [1.82, 2.24) is 10.3 Å². The Kier molecular flexibility index (Phi) is 4.94. The Morgan fingerprint density at radius 1 is 1.30 bits per heavy atom. The van der Waals surface area contributed by atoms with Gasteiger partial charge in [-0.15, -0.1) is 11.3 Å². The van der Waals surface area contributed by atoms with Crippen LogP contribution in [0.15, 0.2) is 47.8 Å². The zero-order chi connectivity index (χ0) is 18.8. The molecule has 1 amide bonds. The summed E-state index contributed by atoms with van der Waals surface area (Å²) in [7, 11) is 0. The van der Waals surface area contributed by atoms with Crippen molar-refractivity contribution in [2.24, 2.45) is 0 Å². The van der Waals surface area contributed by atoms with Gasteiger partial charge in [0, 0.05) is 16.6 Å². The predicted molar refractivity (Wildman–Crippen MR) is 111 cm³/mol. The molecule has 138 valence electrons. The molecule has 1 unspecified atom stereocenters. The average Bonchev–Trinajstić information content (AvgIpc) is 3.10. The van der Waals surface area contributed by atoms with E-state index in [1.807, 2.05) is 29.6 Å². The van der Waals surface area contributed by atoms with Crippen LogP contribution in [0.4, 0.5) is 5.69 Å². The van der Waals surface area contributed by atoms with E-state index in [-0.39, 0.29) is 11.9 Å². The highest BCUT2D eigenvalue weighted by molar-refractivity contribution is 7.13. The first-order valence-electron chi connectivity index (χ1n) is 9.27. The number of benzene rings is 2. The maximum Gasteiger partial charge on any atom is 0.226 e. The van der Waals surface area contributed by atoms with Gasteiger partial charge in [0.2, 0.25) is 5.91 Å². The van der Waals surface area contributed by atoms with Gasteiger partial charge in [-0.3, -0.25) is 4.79 Å². The number of anilines is 1. The van der Waals surface area contributed by atoms with Gasteiger partial charge in [-0.25, -0.2) is 4.98 Å². The predicted octanol–water partition coefficient (Wildman–Crippen LogP) is 4.44. The Balaban J connectivity index is 1.44. The zero-order valence-corrected chi connectivity index (χ0v) is 16.2. The molecule has 1 heterocycles. The quantitative estimate of drug-likeness (QED) is 0.661. The molecule has 3 N–H and O–H groups in total. The Morgan fingerprint density at radius 3 is 3.04 bits per heavy atom. The third-order valence-electron chi connectivity index (χ3n) is 4.98. The molecule has 1 aliphatic rings. The number of nitrogens with one attached hydrogen (secondary N) is 1. The number of aromatic nitrogens is 1. The van der Waals surface area contributed by atoms with E-state index in [0.29, 0.717) is 6.42 Å². The summed E-state index contributed by atoms with van der Waals surface area (Å²) >= 11 is 1.58. The fourth-order valence-electron chi connectivity index (χ4n) is 3.69. The van der Waals surface area contributed by atoms with Gasteiger partial charge in [-0.2, -0.15) is 0 Å². The molecule has 1 aliphatic carbocycles. The van der Waals surface area contributed by atoms with Gasteiger partial charge in [0.05, 0.1) is 18.2 Å². The van der Waals surface area contributed by atoms with Crippen molar-refractivity contribution in [3.8, 4) is 10.6 Å². The molecule has 27 heavy (non-hydrogen) atoms. The van der Waals surface area contributed by atoms with Crippen molar-refractivity contribution in [2.45, 2.75) is 38.6 Å². The largest absolute Gasteiger partial charge is 0.399 e. The first-order valence-corrected chi connectivity index (χ1v) is 10.2. The Bertz CT molecular complexity index is 979. The molecule has 0 fully saturated rings. The van der Waals surface area contributed by atoms with Crippen LogP contribution in [0.5, 0.6) is 0 Å². The van der Waals surface area contributed by atoms with Crippen molar-refractivity contribution < 1.29 is 4.79 Å². The molecule has 0 radical (unpaired) electrons. The fourth-order valence-corrected chi connectivity index (χ4v) is 4.51. The average molecular weight is 378 g/mol. The lowest BCUT2D eigenvalue weighted by molar-refractivity contribution is -0.121. The van der Waals surface area contributed by atoms with Gasteiger partial charge >= 0.3 is 0 Å². The Hall–Kier alpha value is -2.66. The van der Waals surface area contributed by atoms with Crippen LogP contribution in [0.3, 0.4) is 0 Å². The number of nitrogen functional groups attached to an aromatic ring is 1. The highest BCUT2D eigenvalue weighted by atomic mass is 32.1. The van der Waals surface area contributed by atoms with Crippen LogP contribution >= 0.6 is 11.3 Å². The number of carbonyl (C=O) groups is 1. The third-order valence-corrected chi connectivity index (χ3v) is 5.92. The van der Waals surface area contributed by atoms with E-state index in [1.165, 1.54) is 16.7 Å². The second kappa shape index (κ2) is 7.53. The lowest BCUT2D eigenvalue weighted by atomic mass is 9.87. The van der Waals surface area contributed by atoms with Crippen LogP contribution in [0.1, 0.15) is 41.3 Å². The van der Waals surface area contributed by atoms with Gasteiger partial charge in [-0.1, -0.05) is 29.8 Å². The lowest BCUT2D eigenvalue weighted by Gasteiger charge is -2.26. The van der Waals surface area contributed by atoms with Crippen LogP contribution in [0.2, 0.25) is 0 Å². The molecule has 2 aromatic carbocycles. The van der Waals surface area contributed by atoms with E-state index < -0.39 is 0 Å². The molecule has 0 bridgehead atoms. The van der Waals surface area contributed by atoms with E-state index in [2.05, 4.69) is 35.4 Å². The van der Waals surface area contributed by atoms with Gasteiger partial charge < -0.3 is 11.1 Å². The van der Waals surface area contributed by atoms with Gasteiger partial charge in [-0.05, 0) is 55.5 Å². The second-order valence-electron chi connectivity index (χ2n) is 7.16. The molecule has 3 aromatic rings. The van der Waals surface area contributed by atoms with E-state index in [0.717, 1.165) is 41.2 Å². The van der Waals surface area contributed by atoms with Gasteiger partial charge in [0.25, 0.3) is 0 Å². The number of hydrogen-bond acceptors (Lipinski definition) is 4. The molecule has 4 nitrogen and oxygen atoms in total. The number of rotatable bonds is 4. The van der Waals surface area contributed by atoms with Crippen molar-refractivity contribution >= 4 is 22.9 Å². The Labute approximate surface area is 163 Å². The minimum atomic E-state index is 0.0192. The van der Waals surface area contributed by atoms with E-state index in [9.17, 15) is 4.79 Å². The number of aryl methyl sites for hydroxylation is 2. The summed E-state index contributed by atoms with van der Waals surface area (Å²) < 4.78 is 0. The molecule has 0 aliphatic heterocycles. The van der Waals surface area contributed by atoms with Crippen molar-refractivity contribution in [3.05, 3.63) is 70.2 Å². The number of fused-ring (bicyclic) bond motifs is 1. The normalized spacial score (nSPS) is 16.0. The molecule has 0 saturated carbocycles. The number of carbonyl (C=O) groups excluding carboxylic acids is 1. The first kappa shape index (κ1) is 17.7. The van der Waals surface area contributed by atoms with E-state index in [4.69, 9.17) is 5.73 Å². The van der Waals surface area contributed by atoms with Crippen molar-refractivity contribution in [1.29, 1.82) is 0 Å². The van der Waals surface area contributed by atoms with Crippen LogP contribution in [-0.2, 0) is 17.6 Å². The molecule has 0 spiro atoms. The minimum Gasteiger partial charge on any atom is -0.399 e. The number of nitrogens with two attached hydrogens (primary N) is 1. The maximum atomic E-state index is 12.6. The second-order valence-corrected chi connectivity index (χ2v) is 8.02. The van der Waals surface area contributed by atoms with Gasteiger partial charge in [0.1, 0.15) is 5.01 Å². The molecular formula is C22H23N3OS. The summed E-state index contributed by atoms with van der Waals surface area (Å²) in [4.78, 5) is 17.2. The maximum absolute atomic E-state index is 12.6. The summed E-state index contributed by atoms with van der Waals surface area (Å²) in [6, 6.07) is 14.3. The van der Waals surface area contributed by atoms with Crippen LogP contribution in [0, 0.1) is 6.92 Å². The number of nitrogens with zero attached hydrogens (tertiary/aromatic N) is 1. The van der Waals surface area contributed by atoms with Crippen LogP contribution < -0.4 is 11.1 Å². The summed E-state index contributed by atoms with van der Waals surface area (Å²) in [6.45, 7) is 2.07. The van der Waals surface area contributed by atoms with Crippen molar-refractivity contribution in [3.63, 3.8) is 0 Å². The molecule has 4 rings (SSSR count). The SMILES string of the molecule is Cc1cccc(-c2nc(CC(=O)NC3CCCc4cc(N)ccc43)cs2)c1. The molecular weight excluding hydrogens is 354 g/mol. The Morgan fingerprint density at radius 2 is 2.19 bits per heavy atom. The highest BCUT2D eigenvalue weighted by Gasteiger charge is 2.22. The monoisotopic (exact) mass is 377 g/mol. The van der Waals surface area contributed by atoms with Crippen LogP contribution in [-0.4, -0.2) is 10.9 Å². The molecule has 5 heteroatoms. The smallest absolute Gasteiger partial charge is 0.226 e. The van der Waals surface area contributed by atoms with E-state index in [1.54, 1.807) is 11.3 Å². The number of thiazole rings is 1. The van der Waals surface area contributed by atoms with E-state index >= 15 is 0 Å². The van der Waals surface area contributed by atoms with Crippen molar-refractivity contribution in [2.75, 3.05) is 5.73 Å². The van der Waals surface area contributed by atoms with Gasteiger partial charge in [0.15, 0.2) is 0 Å². The third kappa shape index (κ3) is 4.03. The summed E-state index contributed by atoms with van der Waals surface area (Å²) in [5.41, 5.74) is 12.3. The molecule has 1 atom stereocenters. The zero-order valence-electron chi connectivity index (χ0n) is 15.4.